The molecule has 21 heavy (non-hydrogen) atoms. The van der Waals surface area contributed by atoms with Crippen LogP contribution in [0.3, 0.4) is 0 Å². The Morgan fingerprint density at radius 2 is 2.00 bits per heavy atom. The molecule has 2 rings (SSSR count). The normalized spacial score (nSPS) is 11.2. The van der Waals surface area contributed by atoms with Crippen molar-refractivity contribution < 1.29 is 0 Å². The summed E-state index contributed by atoms with van der Waals surface area (Å²) in [5, 5.41) is 16.3. The van der Waals surface area contributed by atoms with Crippen molar-refractivity contribution in [1.29, 1.82) is 0 Å². The lowest BCUT2D eigenvalue weighted by Gasteiger charge is -2.04. The van der Waals surface area contributed by atoms with Crippen LogP contribution in [-0.4, -0.2) is 31.3 Å². The average Bonchev–Trinajstić information content (AvgIpc) is 3.02. The van der Waals surface area contributed by atoms with E-state index in [-0.39, 0.29) is 0 Å². The van der Waals surface area contributed by atoms with Crippen molar-refractivity contribution in [1.82, 2.24) is 30.1 Å². The van der Waals surface area contributed by atoms with E-state index in [0.717, 1.165) is 50.4 Å². The molecule has 0 aliphatic rings. The number of aryl methyl sites for hydroxylation is 3. The molecule has 6 nitrogen and oxygen atoms in total. The van der Waals surface area contributed by atoms with Gasteiger partial charge in [0.2, 0.25) is 0 Å². The lowest BCUT2D eigenvalue weighted by Crippen LogP contribution is -2.14. The minimum Gasteiger partial charge on any atom is -0.311 e. The fourth-order valence-electron chi connectivity index (χ4n) is 2.58. The standard InChI is InChI=1S/C15H26N6/c1-5-7-16-10-14-11-20(19-17-14)8-9-21-13(4)15(6-2)12(3)18-21/h11,16H,5-10H2,1-4H3. The predicted molar refractivity (Wildman–Crippen MR) is 83.1 cm³/mol. The van der Waals surface area contributed by atoms with E-state index in [0.29, 0.717) is 0 Å². The molecule has 0 spiro atoms. The third-order valence-electron chi connectivity index (χ3n) is 3.74. The van der Waals surface area contributed by atoms with Crippen LogP contribution in [0.5, 0.6) is 0 Å². The lowest BCUT2D eigenvalue weighted by molar-refractivity contribution is 0.481. The number of rotatable bonds is 8. The maximum absolute atomic E-state index is 4.61. The van der Waals surface area contributed by atoms with Gasteiger partial charge < -0.3 is 5.32 Å². The molecule has 2 aromatic rings. The highest BCUT2D eigenvalue weighted by atomic mass is 15.4. The summed E-state index contributed by atoms with van der Waals surface area (Å²) in [4.78, 5) is 0. The summed E-state index contributed by atoms with van der Waals surface area (Å²) < 4.78 is 3.97. The van der Waals surface area contributed by atoms with Gasteiger partial charge in [-0.05, 0) is 38.8 Å². The van der Waals surface area contributed by atoms with Crippen molar-refractivity contribution in [2.24, 2.45) is 0 Å². The zero-order chi connectivity index (χ0) is 15.2. The topological polar surface area (TPSA) is 60.6 Å². The second-order valence-corrected chi connectivity index (χ2v) is 5.38. The monoisotopic (exact) mass is 290 g/mol. The molecule has 0 saturated carbocycles. The Kier molecular flexibility index (Phi) is 5.50. The first-order valence-electron chi connectivity index (χ1n) is 7.78. The highest BCUT2D eigenvalue weighted by molar-refractivity contribution is 5.24. The van der Waals surface area contributed by atoms with E-state index < -0.39 is 0 Å². The molecule has 0 saturated heterocycles. The number of nitrogens with zero attached hydrogens (tertiary/aromatic N) is 5. The number of aromatic nitrogens is 5. The van der Waals surface area contributed by atoms with Crippen molar-refractivity contribution in [3.63, 3.8) is 0 Å². The van der Waals surface area contributed by atoms with E-state index in [1.807, 2.05) is 10.9 Å². The maximum Gasteiger partial charge on any atom is 0.0964 e. The fraction of sp³-hybridized carbons (Fsp3) is 0.667. The van der Waals surface area contributed by atoms with Crippen LogP contribution in [-0.2, 0) is 26.1 Å². The SMILES string of the molecule is CCCNCc1cn(CCn2nc(C)c(CC)c2C)nn1. The molecule has 116 valence electrons. The number of nitrogens with one attached hydrogen (secondary N) is 1. The Morgan fingerprint density at radius 3 is 2.67 bits per heavy atom. The number of hydrogen-bond donors (Lipinski definition) is 1. The van der Waals surface area contributed by atoms with E-state index >= 15 is 0 Å². The molecule has 6 heteroatoms. The largest absolute Gasteiger partial charge is 0.311 e. The molecule has 0 amide bonds. The molecule has 0 aliphatic heterocycles. The zero-order valence-electron chi connectivity index (χ0n) is 13.6. The first-order chi connectivity index (χ1) is 10.2. The summed E-state index contributed by atoms with van der Waals surface area (Å²) in [6.07, 6.45) is 4.18. The number of hydrogen-bond acceptors (Lipinski definition) is 4. The summed E-state index contributed by atoms with van der Waals surface area (Å²) in [5.41, 5.74) is 4.75. The van der Waals surface area contributed by atoms with Gasteiger partial charge in [0.05, 0.1) is 24.5 Å². The Morgan fingerprint density at radius 1 is 1.19 bits per heavy atom. The van der Waals surface area contributed by atoms with Gasteiger partial charge in [-0.2, -0.15) is 5.10 Å². The van der Waals surface area contributed by atoms with Crippen LogP contribution in [0.25, 0.3) is 0 Å². The van der Waals surface area contributed by atoms with E-state index in [2.05, 4.69) is 53.1 Å². The summed E-state index contributed by atoms with van der Waals surface area (Å²) in [5.74, 6) is 0. The van der Waals surface area contributed by atoms with Crippen LogP contribution in [0.2, 0.25) is 0 Å². The van der Waals surface area contributed by atoms with Gasteiger partial charge >= 0.3 is 0 Å². The van der Waals surface area contributed by atoms with Gasteiger partial charge in [-0.3, -0.25) is 9.36 Å². The third-order valence-corrected chi connectivity index (χ3v) is 3.74. The van der Waals surface area contributed by atoms with Crippen molar-refractivity contribution in [2.45, 2.75) is 60.2 Å². The zero-order valence-corrected chi connectivity index (χ0v) is 13.6. The van der Waals surface area contributed by atoms with Crippen molar-refractivity contribution in [3.05, 3.63) is 28.8 Å². The Bertz CT molecular complexity index is 569. The van der Waals surface area contributed by atoms with Gasteiger partial charge in [-0.15, -0.1) is 5.10 Å². The predicted octanol–water partition coefficient (Wildman–Crippen LogP) is 1.85. The van der Waals surface area contributed by atoms with E-state index in [4.69, 9.17) is 0 Å². The van der Waals surface area contributed by atoms with Gasteiger partial charge in [0, 0.05) is 18.4 Å². The van der Waals surface area contributed by atoms with Crippen molar-refractivity contribution >= 4 is 0 Å². The summed E-state index contributed by atoms with van der Waals surface area (Å²) in [7, 11) is 0. The Labute approximate surface area is 126 Å². The second kappa shape index (κ2) is 7.36. The van der Waals surface area contributed by atoms with E-state index in [1.54, 1.807) is 0 Å². The summed E-state index contributed by atoms with van der Waals surface area (Å²) in [6, 6.07) is 0. The first-order valence-corrected chi connectivity index (χ1v) is 7.78. The van der Waals surface area contributed by atoms with Gasteiger partial charge in [0.25, 0.3) is 0 Å². The van der Waals surface area contributed by atoms with Crippen LogP contribution >= 0.6 is 0 Å². The van der Waals surface area contributed by atoms with Crippen LogP contribution in [0.15, 0.2) is 6.20 Å². The van der Waals surface area contributed by atoms with E-state index in [1.165, 1.54) is 11.3 Å². The molecule has 1 N–H and O–H groups in total. The molecule has 0 unspecified atom stereocenters. The Hall–Kier alpha value is -1.69. The molecule has 0 bridgehead atoms. The minimum atomic E-state index is 0.785. The third kappa shape index (κ3) is 3.91. The molecular formula is C15H26N6. The van der Waals surface area contributed by atoms with Crippen LogP contribution in [0.4, 0.5) is 0 Å². The van der Waals surface area contributed by atoms with Crippen LogP contribution in [0.1, 0.15) is 42.9 Å². The maximum atomic E-state index is 4.61. The molecular weight excluding hydrogens is 264 g/mol. The smallest absolute Gasteiger partial charge is 0.0964 e. The highest BCUT2D eigenvalue weighted by Crippen LogP contribution is 2.13. The summed E-state index contributed by atoms with van der Waals surface area (Å²) in [6.45, 7) is 12.0. The molecule has 0 fully saturated rings. The summed E-state index contributed by atoms with van der Waals surface area (Å²) >= 11 is 0. The fourth-order valence-corrected chi connectivity index (χ4v) is 2.58. The van der Waals surface area contributed by atoms with Gasteiger partial charge in [-0.1, -0.05) is 19.1 Å². The molecule has 0 aromatic carbocycles. The average molecular weight is 290 g/mol. The van der Waals surface area contributed by atoms with Gasteiger partial charge in [0.1, 0.15) is 0 Å². The van der Waals surface area contributed by atoms with Crippen molar-refractivity contribution in [3.8, 4) is 0 Å². The lowest BCUT2D eigenvalue weighted by atomic mass is 10.1. The first kappa shape index (κ1) is 15.7. The van der Waals surface area contributed by atoms with Crippen LogP contribution < -0.4 is 5.32 Å². The van der Waals surface area contributed by atoms with Gasteiger partial charge in [-0.25, -0.2) is 0 Å². The minimum absolute atomic E-state index is 0.785. The molecule has 2 heterocycles. The molecule has 0 aliphatic carbocycles. The molecule has 0 atom stereocenters. The van der Waals surface area contributed by atoms with Gasteiger partial charge in [0.15, 0.2) is 0 Å². The molecule has 0 radical (unpaired) electrons. The highest BCUT2D eigenvalue weighted by Gasteiger charge is 2.09. The van der Waals surface area contributed by atoms with E-state index in [9.17, 15) is 0 Å². The molecule has 2 aromatic heterocycles. The van der Waals surface area contributed by atoms with Crippen molar-refractivity contribution in [2.75, 3.05) is 6.54 Å². The van der Waals surface area contributed by atoms with Crippen LogP contribution in [0, 0.1) is 13.8 Å². The quantitative estimate of drug-likeness (QED) is 0.754. The second-order valence-electron chi connectivity index (χ2n) is 5.38. The Balaban J connectivity index is 1.91.